The molecule has 0 aromatic heterocycles. The fourth-order valence-corrected chi connectivity index (χ4v) is 0.919. The minimum atomic E-state index is -2.51. The first-order valence-electron chi connectivity index (χ1n) is 3.98. The SMILES string of the molecule is COc1ccc(N)c(OCC(F)F)c1. The van der Waals surface area contributed by atoms with Gasteiger partial charge in [0, 0.05) is 6.07 Å². The first-order valence-corrected chi connectivity index (χ1v) is 3.98. The first-order chi connectivity index (χ1) is 6.63. The van der Waals surface area contributed by atoms with E-state index in [2.05, 4.69) is 0 Å². The van der Waals surface area contributed by atoms with Gasteiger partial charge in [0.25, 0.3) is 6.43 Å². The molecule has 0 atom stereocenters. The third kappa shape index (κ3) is 2.76. The molecule has 0 radical (unpaired) electrons. The van der Waals surface area contributed by atoms with Crippen LogP contribution in [0.3, 0.4) is 0 Å². The molecule has 0 heterocycles. The molecule has 1 aromatic carbocycles. The summed E-state index contributed by atoms with van der Waals surface area (Å²) in [4.78, 5) is 0. The zero-order valence-corrected chi connectivity index (χ0v) is 7.67. The molecule has 0 aliphatic rings. The molecule has 0 aliphatic heterocycles. The zero-order chi connectivity index (χ0) is 10.6. The molecule has 3 nitrogen and oxygen atoms in total. The topological polar surface area (TPSA) is 44.5 Å². The standard InChI is InChI=1S/C9H11F2NO2/c1-13-6-2-3-7(12)8(4-6)14-5-9(10)11/h2-4,9H,5,12H2,1H3. The van der Waals surface area contributed by atoms with E-state index in [0.717, 1.165) is 0 Å². The molecule has 14 heavy (non-hydrogen) atoms. The highest BCUT2D eigenvalue weighted by molar-refractivity contribution is 5.55. The van der Waals surface area contributed by atoms with Crippen molar-refractivity contribution < 1.29 is 18.3 Å². The molecule has 0 aliphatic carbocycles. The Labute approximate surface area is 80.4 Å². The zero-order valence-electron chi connectivity index (χ0n) is 7.67. The van der Waals surface area contributed by atoms with Crippen molar-refractivity contribution in [1.29, 1.82) is 0 Å². The molecular weight excluding hydrogens is 192 g/mol. The number of benzene rings is 1. The van der Waals surface area contributed by atoms with Crippen LogP contribution in [0, 0.1) is 0 Å². The second kappa shape index (κ2) is 4.64. The van der Waals surface area contributed by atoms with Crippen molar-refractivity contribution in [3.05, 3.63) is 18.2 Å². The minimum Gasteiger partial charge on any atom is -0.497 e. The quantitative estimate of drug-likeness (QED) is 0.760. The van der Waals surface area contributed by atoms with Gasteiger partial charge in [-0.1, -0.05) is 0 Å². The lowest BCUT2D eigenvalue weighted by molar-refractivity contribution is 0.0821. The number of anilines is 1. The summed E-state index contributed by atoms with van der Waals surface area (Å²) in [6.07, 6.45) is -2.51. The number of ether oxygens (including phenoxy) is 2. The van der Waals surface area contributed by atoms with Gasteiger partial charge in [-0.3, -0.25) is 0 Å². The Balaban J connectivity index is 2.73. The normalized spacial score (nSPS) is 10.3. The van der Waals surface area contributed by atoms with Gasteiger partial charge in [-0.05, 0) is 12.1 Å². The van der Waals surface area contributed by atoms with Crippen LogP contribution < -0.4 is 15.2 Å². The number of halogens is 2. The van der Waals surface area contributed by atoms with E-state index >= 15 is 0 Å². The summed E-state index contributed by atoms with van der Waals surface area (Å²) in [7, 11) is 1.47. The molecular formula is C9H11F2NO2. The molecule has 0 fully saturated rings. The predicted octanol–water partition coefficient (Wildman–Crippen LogP) is 1.92. The van der Waals surface area contributed by atoms with Crippen molar-refractivity contribution in [3.8, 4) is 11.5 Å². The fourth-order valence-electron chi connectivity index (χ4n) is 0.919. The summed E-state index contributed by atoms with van der Waals surface area (Å²) >= 11 is 0. The lowest BCUT2D eigenvalue weighted by Gasteiger charge is -2.09. The molecule has 0 unspecified atom stereocenters. The Hall–Kier alpha value is -1.52. The van der Waals surface area contributed by atoms with Crippen LogP contribution in [-0.2, 0) is 0 Å². The smallest absolute Gasteiger partial charge is 0.272 e. The van der Waals surface area contributed by atoms with E-state index in [1.165, 1.54) is 13.2 Å². The van der Waals surface area contributed by atoms with E-state index in [4.69, 9.17) is 15.2 Å². The van der Waals surface area contributed by atoms with Crippen LogP contribution in [0.15, 0.2) is 18.2 Å². The molecule has 0 amide bonds. The van der Waals surface area contributed by atoms with Crippen LogP contribution in [0.25, 0.3) is 0 Å². The number of nitrogen functional groups attached to an aromatic ring is 1. The van der Waals surface area contributed by atoms with Crippen molar-refractivity contribution in [2.75, 3.05) is 19.5 Å². The molecule has 0 bridgehead atoms. The fraction of sp³-hybridized carbons (Fsp3) is 0.333. The lowest BCUT2D eigenvalue weighted by atomic mass is 10.3. The van der Waals surface area contributed by atoms with Gasteiger partial charge in [-0.15, -0.1) is 0 Å². The van der Waals surface area contributed by atoms with Gasteiger partial charge < -0.3 is 15.2 Å². The Bertz CT molecular complexity index is 305. The summed E-state index contributed by atoms with van der Waals surface area (Å²) in [6, 6.07) is 4.64. The molecule has 5 heteroatoms. The van der Waals surface area contributed by atoms with Gasteiger partial charge in [0.2, 0.25) is 0 Å². The van der Waals surface area contributed by atoms with E-state index in [0.29, 0.717) is 11.4 Å². The highest BCUT2D eigenvalue weighted by atomic mass is 19.3. The number of methoxy groups -OCH3 is 1. The van der Waals surface area contributed by atoms with Crippen LogP contribution in [-0.4, -0.2) is 20.1 Å². The summed E-state index contributed by atoms with van der Waals surface area (Å²) in [5.41, 5.74) is 5.82. The molecule has 1 aromatic rings. The lowest BCUT2D eigenvalue weighted by Crippen LogP contribution is -2.08. The van der Waals surface area contributed by atoms with Crippen LogP contribution in [0.5, 0.6) is 11.5 Å². The largest absolute Gasteiger partial charge is 0.497 e. The number of alkyl halides is 2. The molecule has 1 rings (SSSR count). The average molecular weight is 203 g/mol. The predicted molar refractivity (Wildman–Crippen MR) is 48.9 cm³/mol. The molecule has 0 spiro atoms. The molecule has 2 N–H and O–H groups in total. The summed E-state index contributed by atoms with van der Waals surface area (Å²) in [5.74, 6) is 0.730. The second-order valence-corrected chi connectivity index (χ2v) is 2.61. The van der Waals surface area contributed by atoms with E-state index in [-0.39, 0.29) is 5.75 Å². The molecule has 0 saturated carbocycles. The van der Waals surface area contributed by atoms with Crippen LogP contribution in [0.1, 0.15) is 0 Å². The Morgan fingerprint density at radius 2 is 2.14 bits per heavy atom. The van der Waals surface area contributed by atoms with E-state index in [1.807, 2.05) is 0 Å². The maximum Gasteiger partial charge on any atom is 0.272 e. The van der Waals surface area contributed by atoms with Gasteiger partial charge in [-0.25, -0.2) is 8.78 Å². The van der Waals surface area contributed by atoms with E-state index in [1.54, 1.807) is 12.1 Å². The third-order valence-electron chi connectivity index (χ3n) is 1.59. The first kappa shape index (κ1) is 10.6. The number of nitrogens with two attached hydrogens (primary N) is 1. The molecule has 0 saturated heterocycles. The minimum absolute atomic E-state index is 0.213. The summed E-state index contributed by atoms with van der Waals surface area (Å²) in [6.45, 7) is -0.669. The second-order valence-electron chi connectivity index (χ2n) is 2.61. The number of hydrogen-bond donors (Lipinski definition) is 1. The third-order valence-corrected chi connectivity index (χ3v) is 1.59. The average Bonchev–Trinajstić information content (AvgIpc) is 2.16. The van der Waals surface area contributed by atoms with Crippen molar-refractivity contribution in [2.45, 2.75) is 6.43 Å². The Morgan fingerprint density at radius 3 is 2.71 bits per heavy atom. The van der Waals surface area contributed by atoms with Gasteiger partial charge in [0.1, 0.15) is 18.1 Å². The van der Waals surface area contributed by atoms with E-state index in [9.17, 15) is 8.78 Å². The molecule has 78 valence electrons. The van der Waals surface area contributed by atoms with Crippen molar-refractivity contribution in [3.63, 3.8) is 0 Å². The maximum absolute atomic E-state index is 11.8. The number of rotatable bonds is 4. The van der Waals surface area contributed by atoms with Crippen molar-refractivity contribution >= 4 is 5.69 Å². The highest BCUT2D eigenvalue weighted by Crippen LogP contribution is 2.26. The van der Waals surface area contributed by atoms with Gasteiger partial charge in [-0.2, -0.15) is 0 Å². The highest BCUT2D eigenvalue weighted by Gasteiger charge is 2.07. The van der Waals surface area contributed by atoms with Gasteiger partial charge in [0.05, 0.1) is 12.8 Å². The van der Waals surface area contributed by atoms with E-state index < -0.39 is 13.0 Å². The van der Waals surface area contributed by atoms with Crippen molar-refractivity contribution in [2.24, 2.45) is 0 Å². The van der Waals surface area contributed by atoms with Gasteiger partial charge in [0.15, 0.2) is 0 Å². The van der Waals surface area contributed by atoms with Crippen LogP contribution in [0.2, 0.25) is 0 Å². The number of hydrogen-bond acceptors (Lipinski definition) is 3. The Morgan fingerprint density at radius 1 is 1.43 bits per heavy atom. The Kier molecular flexibility index (Phi) is 3.50. The summed E-state index contributed by atoms with van der Waals surface area (Å²) < 4.78 is 33.4. The monoisotopic (exact) mass is 203 g/mol. The maximum atomic E-state index is 11.8. The van der Waals surface area contributed by atoms with Crippen LogP contribution in [0.4, 0.5) is 14.5 Å². The van der Waals surface area contributed by atoms with Crippen molar-refractivity contribution in [1.82, 2.24) is 0 Å². The van der Waals surface area contributed by atoms with Crippen LogP contribution >= 0.6 is 0 Å². The van der Waals surface area contributed by atoms with Gasteiger partial charge >= 0.3 is 0 Å². The summed E-state index contributed by atoms with van der Waals surface area (Å²) in [5, 5.41) is 0.